The molecule has 3 N–H and O–H groups in total. The van der Waals surface area contributed by atoms with E-state index in [0.29, 0.717) is 48.7 Å². The van der Waals surface area contributed by atoms with Gasteiger partial charge < -0.3 is 25.2 Å². The normalized spacial score (nSPS) is 35.8. The summed E-state index contributed by atoms with van der Waals surface area (Å²) in [6.45, 7) is 0.947. The smallest absolute Gasteiger partial charge is 0.407 e. The summed E-state index contributed by atoms with van der Waals surface area (Å²) < 4.78 is 10.7. The van der Waals surface area contributed by atoms with Gasteiger partial charge >= 0.3 is 12.2 Å². The highest BCUT2D eigenvalue weighted by Gasteiger charge is 2.50. The van der Waals surface area contributed by atoms with Crippen LogP contribution in [-0.2, 0) is 9.47 Å². The molecule has 7 heteroatoms. The second-order valence-electron chi connectivity index (χ2n) is 9.85. The molecule has 2 saturated carbocycles. The first-order valence-electron chi connectivity index (χ1n) is 12.4. The summed E-state index contributed by atoms with van der Waals surface area (Å²) >= 11 is 0. The summed E-state index contributed by atoms with van der Waals surface area (Å²) in [7, 11) is 0. The molecule has 178 valence electrons. The Morgan fingerprint density at radius 1 is 0.719 bits per heavy atom. The number of aliphatic hydroxyl groups is 1. The van der Waals surface area contributed by atoms with Crippen molar-refractivity contribution in [1.82, 2.24) is 10.6 Å². The molecule has 32 heavy (non-hydrogen) atoms. The van der Waals surface area contributed by atoms with Crippen LogP contribution in [0.5, 0.6) is 0 Å². The number of rotatable bonds is 8. The molecule has 0 aromatic carbocycles. The van der Waals surface area contributed by atoms with Crippen molar-refractivity contribution in [2.75, 3.05) is 26.3 Å². The predicted molar refractivity (Wildman–Crippen MR) is 121 cm³/mol. The van der Waals surface area contributed by atoms with Gasteiger partial charge in [0.2, 0.25) is 0 Å². The van der Waals surface area contributed by atoms with E-state index >= 15 is 0 Å². The van der Waals surface area contributed by atoms with E-state index in [1.165, 1.54) is 25.7 Å². The fraction of sp³-hybridized carbons (Fsp3) is 0.760. The zero-order valence-electron chi connectivity index (χ0n) is 18.9. The van der Waals surface area contributed by atoms with Gasteiger partial charge in [-0.15, -0.1) is 0 Å². The van der Waals surface area contributed by atoms with E-state index < -0.39 is 18.3 Å². The van der Waals surface area contributed by atoms with Crippen molar-refractivity contribution < 1.29 is 24.2 Å². The Hall–Kier alpha value is -2.02. The molecule has 0 spiro atoms. The Bertz CT molecular complexity index is 618. The second-order valence-corrected chi connectivity index (χ2v) is 9.85. The highest BCUT2D eigenvalue weighted by Crippen LogP contribution is 2.53. The summed E-state index contributed by atoms with van der Waals surface area (Å²) in [5.41, 5.74) is 0. The standard InChI is InChI=1S/C25H38N2O5/c28-17(13-26-24(29)31-15-22-18-9-5-1-2-6-10-19(18)22)14-27-25(30)32-16-23-20-11-7-3-4-8-12-21(20)23/h1-4,17-23,28H,5-16H2,(H,26,29)(H,27,30)/b2-1+,4-3+/t17?,18-,19?,20?,21?,22?,23?/m1/s1. The van der Waals surface area contributed by atoms with Crippen LogP contribution in [0.3, 0.4) is 0 Å². The van der Waals surface area contributed by atoms with Crippen LogP contribution in [0.4, 0.5) is 9.59 Å². The molecule has 5 unspecified atom stereocenters. The van der Waals surface area contributed by atoms with Gasteiger partial charge in [0.25, 0.3) is 0 Å². The van der Waals surface area contributed by atoms with Crippen LogP contribution >= 0.6 is 0 Å². The number of hydrogen-bond donors (Lipinski definition) is 3. The molecule has 0 bridgehead atoms. The maximum Gasteiger partial charge on any atom is 0.407 e. The van der Waals surface area contributed by atoms with Gasteiger partial charge in [-0.05, 0) is 86.9 Å². The number of amides is 2. The third kappa shape index (κ3) is 6.50. The molecule has 4 rings (SSSR count). The van der Waals surface area contributed by atoms with Crippen LogP contribution < -0.4 is 10.6 Å². The molecular weight excluding hydrogens is 408 g/mol. The van der Waals surface area contributed by atoms with Crippen molar-refractivity contribution in [3.8, 4) is 0 Å². The first-order chi connectivity index (χ1) is 15.6. The minimum Gasteiger partial charge on any atom is -0.449 e. The Labute approximate surface area is 191 Å². The van der Waals surface area contributed by atoms with Gasteiger partial charge in [0, 0.05) is 13.1 Å². The van der Waals surface area contributed by atoms with Crippen molar-refractivity contribution in [3.63, 3.8) is 0 Å². The Morgan fingerprint density at radius 3 is 1.41 bits per heavy atom. The van der Waals surface area contributed by atoms with E-state index in [2.05, 4.69) is 34.9 Å². The zero-order valence-corrected chi connectivity index (χ0v) is 18.9. The molecule has 7 nitrogen and oxygen atoms in total. The van der Waals surface area contributed by atoms with Crippen LogP contribution in [0.25, 0.3) is 0 Å². The largest absolute Gasteiger partial charge is 0.449 e. The molecule has 0 aromatic heterocycles. The number of ether oxygens (including phenoxy) is 2. The van der Waals surface area contributed by atoms with Crippen LogP contribution in [-0.4, -0.2) is 49.7 Å². The maximum absolute atomic E-state index is 11.9. The van der Waals surface area contributed by atoms with Crippen molar-refractivity contribution in [1.29, 1.82) is 0 Å². The number of alkyl carbamates (subject to hydrolysis) is 2. The van der Waals surface area contributed by atoms with E-state index in [4.69, 9.17) is 9.47 Å². The number of nitrogens with one attached hydrogen (secondary N) is 2. The van der Waals surface area contributed by atoms with E-state index in [1.807, 2.05) is 0 Å². The molecule has 4 aliphatic rings. The highest BCUT2D eigenvalue weighted by molar-refractivity contribution is 5.68. The lowest BCUT2D eigenvalue weighted by molar-refractivity contribution is 0.116. The summed E-state index contributed by atoms with van der Waals surface area (Å²) in [4.78, 5) is 23.9. The first kappa shape index (κ1) is 23.1. The number of carbonyl (C=O) groups is 2. The minimum atomic E-state index is -0.890. The van der Waals surface area contributed by atoms with E-state index in [0.717, 1.165) is 25.7 Å². The van der Waals surface area contributed by atoms with Gasteiger partial charge in [0.1, 0.15) is 0 Å². The number of allylic oxidation sites excluding steroid dienone is 4. The third-order valence-electron chi connectivity index (χ3n) is 7.80. The lowest BCUT2D eigenvalue weighted by Crippen LogP contribution is -2.40. The molecule has 4 aliphatic carbocycles. The Balaban J connectivity index is 1.03. The average molecular weight is 447 g/mol. The number of hydrogen-bond acceptors (Lipinski definition) is 5. The van der Waals surface area contributed by atoms with Crippen molar-refractivity contribution in [2.45, 2.75) is 57.5 Å². The highest BCUT2D eigenvalue weighted by atomic mass is 16.6. The summed E-state index contributed by atoms with van der Waals surface area (Å²) in [5.74, 6) is 3.67. The Kier molecular flexibility index (Phi) is 8.11. The van der Waals surface area contributed by atoms with Gasteiger partial charge in [-0.2, -0.15) is 0 Å². The summed E-state index contributed by atoms with van der Waals surface area (Å²) in [5, 5.41) is 15.2. The number of aliphatic hydroxyl groups excluding tert-OH is 1. The lowest BCUT2D eigenvalue weighted by Gasteiger charge is -2.13. The van der Waals surface area contributed by atoms with Crippen LogP contribution in [0, 0.1) is 35.5 Å². The van der Waals surface area contributed by atoms with Gasteiger partial charge in [-0.3, -0.25) is 0 Å². The predicted octanol–water partition coefficient (Wildman–Crippen LogP) is 3.78. The number of carbonyl (C=O) groups excluding carboxylic acids is 2. The minimum absolute atomic E-state index is 0.0281. The molecule has 0 aromatic rings. The van der Waals surface area contributed by atoms with E-state index in [1.54, 1.807) is 0 Å². The van der Waals surface area contributed by atoms with Crippen molar-refractivity contribution in [3.05, 3.63) is 24.3 Å². The lowest BCUT2D eigenvalue weighted by atomic mass is 10.1. The molecule has 6 atom stereocenters. The quantitative estimate of drug-likeness (QED) is 0.493. The van der Waals surface area contributed by atoms with Crippen molar-refractivity contribution >= 4 is 12.2 Å². The molecular formula is C25H38N2O5. The molecule has 2 amide bonds. The second kappa shape index (κ2) is 11.2. The molecule has 0 saturated heterocycles. The monoisotopic (exact) mass is 446 g/mol. The molecule has 0 heterocycles. The van der Waals surface area contributed by atoms with Crippen LogP contribution in [0.2, 0.25) is 0 Å². The topological polar surface area (TPSA) is 96.9 Å². The van der Waals surface area contributed by atoms with Crippen LogP contribution in [0.1, 0.15) is 51.4 Å². The fourth-order valence-electron chi connectivity index (χ4n) is 5.80. The van der Waals surface area contributed by atoms with Gasteiger partial charge in [-0.25, -0.2) is 9.59 Å². The first-order valence-corrected chi connectivity index (χ1v) is 12.4. The van der Waals surface area contributed by atoms with Gasteiger partial charge in [0.05, 0.1) is 19.3 Å². The van der Waals surface area contributed by atoms with Gasteiger partial charge in [0.15, 0.2) is 0 Å². The summed E-state index contributed by atoms with van der Waals surface area (Å²) in [6.07, 6.45) is 16.3. The SMILES string of the molecule is O=C(NCC(O)CNC(=O)OCC1C2CC/C=C/CC[C@H]21)OCC1C2CC/C=C/CCC21. The summed E-state index contributed by atoms with van der Waals surface area (Å²) in [6, 6.07) is 0. The molecule has 2 fully saturated rings. The molecule has 0 aliphatic heterocycles. The average Bonchev–Trinajstić information content (AvgIpc) is 3.60. The van der Waals surface area contributed by atoms with E-state index in [-0.39, 0.29) is 13.1 Å². The fourth-order valence-corrected chi connectivity index (χ4v) is 5.80. The van der Waals surface area contributed by atoms with Gasteiger partial charge in [-0.1, -0.05) is 24.3 Å². The zero-order chi connectivity index (χ0) is 22.3. The van der Waals surface area contributed by atoms with E-state index in [9.17, 15) is 14.7 Å². The molecule has 0 radical (unpaired) electrons. The number of fused-ring (bicyclic) bond motifs is 2. The third-order valence-corrected chi connectivity index (χ3v) is 7.80. The van der Waals surface area contributed by atoms with Crippen LogP contribution in [0.15, 0.2) is 24.3 Å². The Morgan fingerprint density at radius 2 is 1.06 bits per heavy atom. The van der Waals surface area contributed by atoms with Crippen molar-refractivity contribution in [2.24, 2.45) is 35.5 Å². The maximum atomic E-state index is 11.9.